The normalized spacial score (nSPS) is 17.9. The second kappa shape index (κ2) is 8.21. The first-order valence-corrected chi connectivity index (χ1v) is 8.50. The first-order chi connectivity index (χ1) is 10.2. The van der Waals surface area contributed by atoms with E-state index in [1.54, 1.807) is 0 Å². The van der Waals surface area contributed by atoms with Crippen molar-refractivity contribution >= 4 is 5.90 Å². The van der Waals surface area contributed by atoms with Crippen molar-refractivity contribution in [2.75, 3.05) is 6.61 Å². The van der Waals surface area contributed by atoms with Gasteiger partial charge in [-0.25, -0.2) is 4.99 Å². The average Bonchev–Trinajstić information content (AvgIpc) is 2.98. The summed E-state index contributed by atoms with van der Waals surface area (Å²) in [5.74, 6) is 1.37. The predicted molar refractivity (Wildman–Crippen MR) is 90.0 cm³/mol. The molecule has 2 nitrogen and oxygen atoms in total. The quantitative estimate of drug-likeness (QED) is 0.616. The third kappa shape index (κ3) is 4.87. The lowest BCUT2D eigenvalue weighted by Crippen LogP contribution is -2.13. The van der Waals surface area contributed by atoms with E-state index in [-0.39, 0.29) is 0 Å². The van der Waals surface area contributed by atoms with E-state index in [9.17, 15) is 0 Å². The molecule has 0 aliphatic carbocycles. The summed E-state index contributed by atoms with van der Waals surface area (Å²) in [5.41, 5.74) is 2.54. The summed E-state index contributed by atoms with van der Waals surface area (Å²) in [6.45, 7) is 7.38. The molecule has 0 aromatic heterocycles. The summed E-state index contributed by atoms with van der Waals surface area (Å²) in [5, 5.41) is 0. The van der Waals surface area contributed by atoms with Crippen molar-refractivity contribution in [3.05, 3.63) is 35.4 Å². The molecule has 0 radical (unpaired) electrons. The van der Waals surface area contributed by atoms with Gasteiger partial charge in [-0.3, -0.25) is 0 Å². The number of aryl methyl sites for hydroxylation is 1. The Kier molecular flexibility index (Phi) is 6.28. The molecule has 0 bridgehead atoms. The lowest BCUT2D eigenvalue weighted by molar-refractivity contribution is 0.292. The summed E-state index contributed by atoms with van der Waals surface area (Å²) in [4.78, 5) is 4.68. The Morgan fingerprint density at radius 2 is 1.81 bits per heavy atom. The molecule has 0 N–H and O–H groups in total. The summed E-state index contributed by atoms with van der Waals surface area (Å²) in [7, 11) is 0. The first-order valence-electron chi connectivity index (χ1n) is 8.50. The van der Waals surface area contributed by atoms with E-state index in [2.05, 4.69) is 50.0 Å². The number of nitrogens with zero attached hydrogens (tertiary/aromatic N) is 1. The highest BCUT2D eigenvalue weighted by Gasteiger charge is 2.22. The Labute approximate surface area is 129 Å². The van der Waals surface area contributed by atoms with Gasteiger partial charge >= 0.3 is 0 Å². The summed E-state index contributed by atoms with van der Waals surface area (Å²) >= 11 is 0. The maximum absolute atomic E-state index is 5.73. The van der Waals surface area contributed by atoms with Crippen LogP contribution in [0.4, 0.5) is 0 Å². The highest BCUT2D eigenvalue weighted by Crippen LogP contribution is 2.18. The third-order valence-corrected chi connectivity index (χ3v) is 4.21. The van der Waals surface area contributed by atoms with Crippen LogP contribution in [0.5, 0.6) is 0 Å². The lowest BCUT2D eigenvalue weighted by atomic mass is 10.0. The molecule has 1 aliphatic heterocycles. The molecule has 0 saturated carbocycles. The van der Waals surface area contributed by atoms with Gasteiger partial charge in [0.25, 0.3) is 0 Å². The number of hydrogen-bond acceptors (Lipinski definition) is 2. The van der Waals surface area contributed by atoms with E-state index < -0.39 is 0 Å². The smallest absolute Gasteiger partial charge is 0.216 e. The molecule has 0 saturated heterocycles. The van der Waals surface area contributed by atoms with Crippen LogP contribution in [0.1, 0.15) is 64.0 Å². The minimum absolute atomic E-state index is 0.318. The molecular weight excluding hydrogens is 258 g/mol. The zero-order valence-electron chi connectivity index (χ0n) is 13.8. The van der Waals surface area contributed by atoms with Gasteiger partial charge in [-0.05, 0) is 36.5 Å². The van der Waals surface area contributed by atoms with Gasteiger partial charge in [0.15, 0.2) is 0 Å². The largest absolute Gasteiger partial charge is 0.475 e. The van der Waals surface area contributed by atoms with Gasteiger partial charge < -0.3 is 4.74 Å². The third-order valence-electron chi connectivity index (χ3n) is 4.21. The molecule has 2 rings (SSSR count). The van der Waals surface area contributed by atoms with Gasteiger partial charge in [0.1, 0.15) is 6.61 Å². The van der Waals surface area contributed by atoms with Gasteiger partial charge in [-0.2, -0.15) is 0 Å². The van der Waals surface area contributed by atoms with Gasteiger partial charge in [-0.15, -0.1) is 0 Å². The number of rotatable bonds is 8. The fraction of sp³-hybridized carbons (Fsp3) is 0.632. The van der Waals surface area contributed by atoms with Crippen LogP contribution in [0.15, 0.2) is 29.3 Å². The van der Waals surface area contributed by atoms with Gasteiger partial charge in [0, 0.05) is 5.56 Å². The van der Waals surface area contributed by atoms with Crippen molar-refractivity contribution in [1.82, 2.24) is 0 Å². The van der Waals surface area contributed by atoms with Crippen molar-refractivity contribution < 1.29 is 4.74 Å². The minimum atomic E-state index is 0.318. The molecule has 1 aromatic rings. The van der Waals surface area contributed by atoms with E-state index in [0.717, 1.165) is 18.1 Å². The number of hydrogen-bond donors (Lipinski definition) is 0. The second-order valence-corrected chi connectivity index (χ2v) is 6.42. The fourth-order valence-electron chi connectivity index (χ4n) is 2.64. The average molecular weight is 287 g/mol. The van der Waals surface area contributed by atoms with E-state index in [1.807, 2.05) is 0 Å². The molecule has 0 amide bonds. The molecule has 1 aliphatic rings. The standard InChI is InChI=1S/C19H29NO/c1-4-5-6-7-8-9-16-10-12-17(13-11-16)19-20-18(14-21-19)15(2)3/h10-13,15,18H,4-9,14H2,1-3H3/t18-/m1/s1. The van der Waals surface area contributed by atoms with Crippen LogP contribution >= 0.6 is 0 Å². The summed E-state index contributed by atoms with van der Waals surface area (Å²) in [6.07, 6.45) is 7.89. The molecule has 1 aromatic carbocycles. The molecule has 1 heterocycles. The van der Waals surface area contributed by atoms with Crippen LogP contribution in [0.3, 0.4) is 0 Å². The fourth-order valence-corrected chi connectivity index (χ4v) is 2.64. The minimum Gasteiger partial charge on any atom is -0.475 e. The van der Waals surface area contributed by atoms with Crippen LogP contribution < -0.4 is 0 Å². The van der Waals surface area contributed by atoms with Crippen LogP contribution in [0, 0.1) is 5.92 Å². The van der Waals surface area contributed by atoms with Gasteiger partial charge in [0.05, 0.1) is 6.04 Å². The predicted octanol–water partition coefficient (Wildman–Crippen LogP) is 5.00. The van der Waals surface area contributed by atoms with E-state index >= 15 is 0 Å². The topological polar surface area (TPSA) is 21.6 Å². The highest BCUT2D eigenvalue weighted by atomic mass is 16.5. The second-order valence-electron chi connectivity index (χ2n) is 6.42. The van der Waals surface area contributed by atoms with Gasteiger partial charge in [0.2, 0.25) is 5.90 Å². The van der Waals surface area contributed by atoms with Crippen LogP contribution in [-0.4, -0.2) is 18.5 Å². The summed E-state index contributed by atoms with van der Waals surface area (Å²) < 4.78 is 5.73. The highest BCUT2D eigenvalue weighted by molar-refractivity contribution is 5.95. The van der Waals surface area contributed by atoms with E-state index in [1.165, 1.54) is 44.1 Å². The van der Waals surface area contributed by atoms with Gasteiger partial charge in [-0.1, -0.05) is 58.6 Å². The number of benzene rings is 1. The molecule has 116 valence electrons. The van der Waals surface area contributed by atoms with Crippen LogP contribution in [-0.2, 0) is 11.2 Å². The maximum Gasteiger partial charge on any atom is 0.216 e. The number of unbranched alkanes of at least 4 members (excludes halogenated alkanes) is 4. The van der Waals surface area contributed by atoms with Crippen molar-refractivity contribution in [1.29, 1.82) is 0 Å². The first kappa shape index (κ1) is 16.1. The van der Waals surface area contributed by atoms with Crippen LogP contribution in [0.25, 0.3) is 0 Å². The number of aliphatic imine (C=N–C) groups is 1. The van der Waals surface area contributed by atoms with Crippen molar-refractivity contribution in [3.63, 3.8) is 0 Å². The molecule has 0 fully saturated rings. The maximum atomic E-state index is 5.73. The zero-order valence-corrected chi connectivity index (χ0v) is 13.8. The Morgan fingerprint density at radius 1 is 1.10 bits per heavy atom. The molecular formula is C19H29NO. The van der Waals surface area contributed by atoms with E-state index in [4.69, 9.17) is 4.74 Å². The Hall–Kier alpha value is -1.31. The molecule has 21 heavy (non-hydrogen) atoms. The number of ether oxygens (including phenoxy) is 1. The Morgan fingerprint density at radius 3 is 2.43 bits per heavy atom. The SMILES string of the molecule is CCCCCCCc1ccc(C2=N[C@@H](C(C)C)CO2)cc1. The lowest BCUT2D eigenvalue weighted by Gasteiger charge is -2.06. The zero-order chi connectivity index (χ0) is 15.1. The molecule has 1 atom stereocenters. The monoisotopic (exact) mass is 287 g/mol. The molecule has 0 unspecified atom stereocenters. The van der Waals surface area contributed by atoms with Crippen molar-refractivity contribution in [3.8, 4) is 0 Å². The molecule has 2 heteroatoms. The van der Waals surface area contributed by atoms with E-state index in [0.29, 0.717) is 12.0 Å². The molecule has 0 spiro atoms. The summed E-state index contributed by atoms with van der Waals surface area (Å²) in [6, 6.07) is 9.08. The van der Waals surface area contributed by atoms with Crippen molar-refractivity contribution in [2.45, 2.75) is 65.3 Å². The van der Waals surface area contributed by atoms with Crippen LogP contribution in [0.2, 0.25) is 0 Å². The van der Waals surface area contributed by atoms with Crippen molar-refractivity contribution in [2.24, 2.45) is 10.9 Å². The Bertz CT molecular complexity index is 447. The Balaban J connectivity index is 1.83.